The molecule has 0 radical (unpaired) electrons. The van der Waals surface area contributed by atoms with Crippen molar-refractivity contribution in [3.05, 3.63) is 5.69 Å². The Morgan fingerprint density at radius 2 is 2.00 bits per heavy atom. The lowest BCUT2D eigenvalue weighted by molar-refractivity contribution is -0.130. The molecule has 8 nitrogen and oxygen atoms in total. The molecular formula is C10H17N5O3. The second kappa shape index (κ2) is 6.58. The molecule has 0 saturated heterocycles. The number of nitrogens with one attached hydrogen (secondary N) is 1. The lowest BCUT2D eigenvalue weighted by Gasteiger charge is -2.18. The molecule has 0 unspecified atom stereocenters. The fourth-order valence-electron chi connectivity index (χ4n) is 1.45. The Bertz CT molecular complexity index is 413. The number of carbonyl (C=O) groups excluding carboxylic acids is 2. The van der Waals surface area contributed by atoms with E-state index in [-0.39, 0.29) is 30.4 Å². The number of nitrogens with zero attached hydrogens (tertiary/aromatic N) is 3. The lowest BCUT2D eigenvalue weighted by atomic mass is 10.3. The van der Waals surface area contributed by atoms with Crippen LogP contribution in [0.15, 0.2) is 4.63 Å². The van der Waals surface area contributed by atoms with E-state index in [1.54, 1.807) is 4.90 Å². The van der Waals surface area contributed by atoms with Gasteiger partial charge in [-0.05, 0) is 24.2 Å². The summed E-state index contributed by atoms with van der Waals surface area (Å²) in [6, 6.07) is 0. The number of hydrogen-bond donors (Lipinski definition) is 2. The van der Waals surface area contributed by atoms with Crippen LogP contribution in [0.5, 0.6) is 0 Å². The van der Waals surface area contributed by atoms with Crippen LogP contribution in [0.4, 0.5) is 5.82 Å². The monoisotopic (exact) mass is 255 g/mol. The number of nitrogen functional groups attached to an aromatic ring is 1. The van der Waals surface area contributed by atoms with Crippen LogP contribution in [0.3, 0.4) is 0 Å². The van der Waals surface area contributed by atoms with E-state index in [9.17, 15) is 9.59 Å². The quantitative estimate of drug-likeness (QED) is 0.717. The first-order valence-corrected chi connectivity index (χ1v) is 5.74. The molecule has 2 amide bonds. The molecule has 1 aromatic rings. The molecule has 0 spiro atoms. The molecule has 0 aliphatic rings. The van der Waals surface area contributed by atoms with Crippen molar-refractivity contribution in [2.45, 2.75) is 20.3 Å². The summed E-state index contributed by atoms with van der Waals surface area (Å²) in [6.07, 6.45) is 0.235. The molecular weight excluding hydrogens is 238 g/mol. The molecule has 0 saturated carbocycles. The van der Waals surface area contributed by atoms with Crippen LogP contribution in [0, 0.1) is 0 Å². The van der Waals surface area contributed by atoms with Crippen molar-refractivity contribution in [2.75, 3.05) is 25.4 Å². The van der Waals surface area contributed by atoms with E-state index in [1.165, 1.54) is 0 Å². The summed E-state index contributed by atoms with van der Waals surface area (Å²) in [7, 11) is 0. The van der Waals surface area contributed by atoms with Crippen molar-refractivity contribution in [3.8, 4) is 0 Å². The van der Waals surface area contributed by atoms with E-state index < -0.39 is 5.91 Å². The molecule has 0 aromatic carbocycles. The smallest absolute Gasteiger partial charge is 0.277 e. The van der Waals surface area contributed by atoms with Gasteiger partial charge in [0.25, 0.3) is 5.91 Å². The van der Waals surface area contributed by atoms with Crippen molar-refractivity contribution in [3.63, 3.8) is 0 Å². The molecule has 3 N–H and O–H groups in total. The zero-order valence-electron chi connectivity index (χ0n) is 10.5. The SMILES string of the molecule is CCN(CC)C(=O)CCNC(=O)c1nonc1N. The predicted molar refractivity (Wildman–Crippen MR) is 63.6 cm³/mol. The maximum atomic E-state index is 11.6. The van der Waals surface area contributed by atoms with Gasteiger partial charge < -0.3 is 16.0 Å². The largest absolute Gasteiger partial charge is 0.379 e. The van der Waals surface area contributed by atoms with Gasteiger partial charge in [0.2, 0.25) is 17.4 Å². The molecule has 1 rings (SSSR count). The van der Waals surface area contributed by atoms with Gasteiger partial charge in [-0.1, -0.05) is 0 Å². The third-order valence-electron chi connectivity index (χ3n) is 2.47. The molecule has 0 bridgehead atoms. The second-order valence-electron chi connectivity index (χ2n) is 3.57. The van der Waals surface area contributed by atoms with Crippen molar-refractivity contribution in [2.24, 2.45) is 0 Å². The average molecular weight is 255 g/mol. The number of carbonyl (C=O) groups is 2. The van der Waals surface area contributed by atoms with E-state index in [2.05, 4.69) is 20.3 Å². The Hall–Kier alpha value is -2.12. The molecule has 100 valence electrons. The standard InChI is InChI=1S/C10H17N5O3/c1-3-15(4-2)7(16)5-6-12-10(17)8-9(11)14-18-13-8/h3-6H2,1-2H3,(H2,11,14)(H,12,17). The van der Waals surface area contributed by atoms with Crippen molar-refractivity contribution in [1.82, 2.24) is 20.5 Å². The van der Waals surface area contributed by atoms with Crippen molar-refractivity contribution < 1.29 is 14.2 Å². The minimum atomic E-state index is -0.499. The van der Waals surface area contributed by atoms with E-state index in [1.807, 2.05) is 13.8 Å². The maximum Gasteiger partial charge on any atom is 0.277 e. The van der Waals surface area contributed by atoms with Gasteiger partial charge in [0.1, 0.15) is 0 Å². The van der Waals surface area contributed by atoms with Crippen LogP contribution in [0.25, 0.3) is 0 Å². The molecule has 0 aliphatic heterocycles. The van der Waals surface area contributed by atoms with Crippen LogP contribution < -0.4 is 11.1 Å². The normalized spacial score (nSPS) is 10.1. The fraction of sp³-hybridized carbons (Fsp3) is 0.600. The lowest BCUT2D eigenvalue weighted by Crippen LogP contribution is -2.34. The number of amides is 2. The van der Waals surface area contributed by atoms with E-state index in [0.717, 1.165) is 0 Å². The molecule has 0 fully saturated rings. The average Bonchev–Trinajstić information content (AvgIpc) is 2.77. The van der Waals surface area contributed by atoms with Gasteiger partial charge in [-0.2, -0.15) is 0 Å². The first-order chi connectivity index (χ1) is 8.60. The molecule has 1 aromatic heterocycles. The van der Waals surface area contributed by atoms with Crippen LogP contribution in [0.1, 0.15) is 30.8 Å². The van der Waals surface area contributed by atoms with E-state index >= 15 is 0 Å². The van der Waals surface area contributed by atoms with Gasteiger partial charge in [-0.3, -0.25) is 9.59 Å². The summed E-state index contributed by atoms with van der Waals surface area (Å²) in [5.41, 5.74) is 5.30. The first-order valence-electron chi connectivity index (χ1n) is 5.74. The minimum Gasteiger partial charge on any atom is -0.379 e. The third kappa shape index (κ3) is 3.44. The number of anilines is 1. The molecule has 0 aliphatic carbocycles. The Kier molecular flexibility index (Phi) is 5.09. The number of aromatic nitrogens is 2. The van der Waals surface area contributed by atoms with Crippen LogP contribution in [-0.4, -0.2) is 46.7 Å². The van der Waals surface area contributed by atoms with Crippen LogP contribution >= 0.6 is 0 Å². The third-order valence-corrected chi connectivity index (χ3v) is 2.47. The fourth-order valence-corrected chi connectivity index (χ4v) is 1.45. The van der Waals surface area contributed by atoms with Crippen LogP contribution in [0.2, 0.25) is 0 Å². The Labute approximate surface area is 104 Å². The molecule has 18 heavy (non-hydrogen) atoms. The molecule has 0 atom stereocenters. The maximum absolute atomic E-state index is 11.6. The van der Waals surface area contributed by atoms with Gasteiger partial charge in [0, 0.05) is 26.1 Å². The van der Waals surface area contributed by atoms with E-state index in [0.29, 0.717) is 13.1 Å². The van der Waals surface area contributed by atoms with Gasteiger partial charge >= 0.3 is 0 Å². The minimum absolute atomic E-state index is 0.00782. The summed E-state index contributed by atoms with van der Waals surface area (Å²) in [6.45, 7) is 5.34. The summed E-state index contributed by atoms with van der Waals surface area (Å²) < 4.78 is 4.31. The summed E-state index contributed by atoms with van der Waals surface area (Å²) in [4.78, 5) is 24.9. The first kappa shape index (κ1) is 13.9. The second-order valence-corrected chi connectivity index (χ2v) is 3.57. The van der Waals surface area contributed by atoms with Gasteiger partial charge in [-0.15, -0.1) is 0 Å². The highest BCUT2D eigenvalue weighted by Gasteiger charge is 2.16. The summed E-state index contributed by atoms with van der Waals surface area (Å²) in [5.74, 6) is -0.574. The Morgan fingerprint density at radius 1 is 1.33 bits per heavy atom. The van der Waals surface area contributed by atoms with E-state index in [4.69, 9.17) is 5.73 Å². The highest BCUT2D eigenvalue weighted by molar-refractivity contribution is 5.96. The summed E-state index contributed by atoms with van der Waals surface area (Å²) >= 11 is 0. The Morgan fingerprint density at radius 3 is 2.50 bits per heavy atom. The van der Waals surface area contributed by atoms with Gasteiger partial charge in [-0.25, -0.2) is 4.63 Å². The molecule has 1 heterocycles. The van der Waals surface area contributed by atoms with Crippen molar-refractivity contribution in [1.29, 1.82) is 0 Å². The zero-order valence-corrected chi connectivity index (χ0v) is 10.5. The Balaban J connectivity index is 2.36. The highest BCUT2D eigenvalue weighted by atomic mass is 16.6. The van der Waals surface area contributed by atoms with Crippen LogP contribution in [-0.2, 0) is 4.79 Å². The number of rotatable bonds is 6. The highest BCUT2D eigenvalue weighted by Crippen LogP contribution is 2.03. The molecule has 8 heteroatoms. The van der Waals surface area contributed by atoms with Gasteiger partial charge in [0.15, 0.2) is 0 Å². The number of nitrogens with two attached hydrogens (primary N) is 1. The number of hydrogen-bond acceptors (Lipinski definition) is 6. The summed E-state index contributed by atoms with van der Waals surface area (Å²) in [5, 5.41) is 9.18. The predicted octanol–water partition coefficient (Wildman–Crippen LogP) is -0.360. The zero-order chi connectivity index (χ0) is 13.5. The van der Waals surface area contributed by atoms with Crippen molar-refractivity contribution >= 4 is 17.6 Å². The van der Waals surface area contributed by atoms with Gasteiger partial charge in [0.05, 0.1) is 0 Å². The topological polar surface area (TPSA) is 114 Å².